The molecule has 1 unspecified atom stereocenters. The van der Waals surface area contributed by atoms with E-state index in [1.807, 2.05) is 13.8 Å². The predicted octanol–water partition coefficient (Wildman–Crippen LogP) is 2.77. The molecule has 0 heterocycles. The summed E-state index contributed by atoms with van der Waals surface area (Å²) < 4.78 is 18.8. The van der Waals surface area contributed by atoms with Crippen molar-refractivity contribution in [3.8, 4) is 11.8 Å². The van der Waals surface area contributed by atoms with Crippen LogP contribution in [0.25, 0.3) is 0 Å². The van der Waals surface area contributed by atoms with E-state index in [1.165, 1.54) is 12.1 Å². The Hall–Kier alpha value is -2.09. The van der Waals surface area contributed by atoms with Crippen molar-refractivity contribution in [1.82, 2.24) is 5.32 Å². The Morgan fingerprint density at radius 3 is 2.60 bits per heavy atom. The SMILES string of the molecule is CCC(CC)NC(=O)C(C)Oc1ccc(C#N)c(F)c1. The van der Waals surface area contributed by atoms with Crippen LogP contribution in [-0.4, -0.2) is 18.1 Å². The highest BCUT2D eigenvalue weighted by molar-refractivity contribution is 5.81. The Kier molecular flexibility index (Phi) is 5.98. The maximum Gasteiger partial charge on any atom is 0.260 e. The number of ether oxygens (including phenoxy) is 1. The molecule has 1 N–H and O–H groups in total. The van der Waals surface area contributed by atoms with Crippen LogP contribution in [0.15, 0.2) is 18.2 Å². The lowest BCUT2D eigenvalue weighted by molar-refractivity contribution is -0.128. The number of nitriles is 1. The Morgan fingerprint density at radius 2 is 2.10 bits per heavy atom. The number of halogens is 1. The zero-order chi connectivity index (χ0) is 15.1. The number of hydrogen-bond acceptors (Lipinski definition) is 3. The quantitative estimate of drug-likeness (QED) is 0.870. The molecule has 0 aromatic heterocycles. The van der Waals surface area contributed by atoms with E-state index in [1.54, 1.807) is 13.0 Å². The van der Waals surface area contributed by atoms with Crippen molar-refractivity contribution in [1.29, 1.82) is 5.26 Å². The number of benzene rings is 1. The topological polar surface area (TPSA) is 62.1 Å². The van der Waals surface area contributed by atoms with Gasteiger partial charge >= 0.3 is 0 Å². The summed E-state index contributed by atoms with van der Waals surface area (Å²) in [5.41, 5.74) is -0.0496. The summed E-state index contributed by atoms with van der Waals surface area (Å²) in [7, 11) is 0. The second-order valence-electron chi connectivity index (χ2n) is 4.54. The van der Waals surface area contributed by atoms with Crippen LogP contribution < -0.4 is 10.1 Å². The number of nitrogens with zero attached hydrogens (tertiary/aromatic N) is 1. The summed E-state index contributed by atoms with van der Waals surface area (Å²) in [6, 6.07) is 5.76. The van der Waals surface area contributed by atoms with Gasteiger partial charge in [-0.05, 0) is 31.9 Å². The second kappa shape index (κ2) is 7.49. The average molecular weight is 278 g/mol. The third-order valence-electron chi connectivity index (χ3n) is 3.08. The van der Waals surface area contributed by atoms with Crippen molar-refractivity contribution in [3.63, 3.8) is 0 Å². The lowest BCUT2D eigenvalue weighted by Crippen LogP contribution is -2.42. The number of amides is 1. The highest BCUT2D eigenvalue weighted by atomic mass is 19.1. The molecule has 0 saturated carbocycles. The minimum atomic E-state index is -0.720. The van der Waals surface area contributed by atoms with E-state index < -0.39 is 11.9 Å². The molecule has 5 heteroatoms. The summed E-state index contributed by atoms with van der Waals surface area (Å²) in [5.74, 6) is -0.658. The van der Waals surface area contributed by atoms with Gasteiger partial charge in [-0.3, -0.25) is 4.79 Å². The molecule has 0 aliphatic rings. The molecule has 0 bridgehead atoms. The maximum absolute atomic E-state index is 13.4. The molecule has 1 aromatic rings. The molecule has 4 nitrogen and oxygen atoms in total. The largest absolute Gasteiger partial charge is 0.481 e. The monoisotopic (exact) mass is 278 g/mol. The van der Waals surface area contributed by atoms with Gasteiger partial charge in [0, 0.05) is 12.1 Å². The van der Waals surface area contributed by atoms with Crippen molar-refractivity contribution in [2.75, 3.05) is 0 Å². The Balaban J connectivity index is 2.66. The molecule has 0 aliphatic heterocycles. The first-order valence-electron chi connectivity index (χ1n) is 6.68. The molecular weight excluding hydrogens is 259 g/mol. The summed E-state index contributed by atoms with van der Waals surface area (Å²) in [6.45, 7) is 5.60. The smallest absolute Gasteiger partial charge is 0.260 e. The van der Waals surface area contributed by atoms with Gasteiger partial charge in [-0.2, -0.15) is 5.26 Å². The maximum atomic E-state index is 13.4. The van der Waals surface area contributed by atoms with Crippen molar-refractivity contribution in [2.45, 2.75) is 45.8 Å². The Bertz CT molecular complexity index is 507. The average Bonchev–Trinajstić information content (AvgIpc) is 2.44. The molecule has 1 rings (SSSR count). The second-order valence-corrected chi connectivity index (χ2v) is 4.54. The standard InChI is InChI=1S/C15H19FN2O2/c1-4-12(5-2)18-15(19)10(3)20-13-7-6-11(9-17)14(16)8-13/h6-8,10,12H,4-5H2,1-3H3,(H,18,19). The zero-order valence-electron chi connectivity index (χ0n) is 11.9. The van der Waals surface area contributed by atoms with Crippen LogP contribution in [0.4, 0.5) is 4.39 Å². The summed E-state index contributed by atoms with van der Waals surface area (Å²) in [6.07, 6.45) is 0.976. The molecule has 0 fully saturated rings. The first-order valence-corrected chi connectivity index (χ1v) is 6.68. The van der Waals surface area contributed by atoms with Crippen LogP contribution in [0.2, 0.25) is 0 Å². The molecule has 0 spiro atoms. The van der Waals surface area contributed by atoms with E-state index in [9.17, 15) is 9.18 Å². The van der Waals surface area contributed by atoms with E-state index in [0.717, 1.165) is 18.9 Å². The molecule has 0 radical (unpaired) electrons. The van der Waals surface area contributed by atoms with E-state index >= 15 is 0 Å². The van der Waals surface area contributed by atoms with E-state index in [2.05, 4.69) is 5.32 Å². The number of rotatable bonds is 6. The minimum absolute atomic E-state index is 0.0496. The molecule has 108 valence electrons. The van der Waals surface area contributed by atoms with Gasteiger partial charge in [0.2, 0.25) is 0 Å². The molecule has 1 atom stereocenters. The van der Waals surface area contributed by atoms with E-state index in [-0.39, 0.29) is 23.3 Å². The number of carbonyl (C=O) groups excluding carboxylic acids is 1. The normalized spacial score (nSPS) is 11.8. The van der Waals surface area contributed by atoms with Gasteiger partial charge < -0.3 is 10.1 Å². The van der Waals surface area contributed by atoms with Crippen LogP contribution in [0.3, 0.4) is 0 Å². The fourth-order valence-corrected chi connectivity index (χ4v) is 1.73. The van der Waals surface area contributed by atoms with Crippen molar-refractivity contribution in [3.05, 3.63) is 29.6 Å². The van der Waals surface area contributed by atoms with Crippen LogP contribution >= 0.6 is 0 Å². The van der Waals surface area contributed by atoms with Crippen molar-refractivity contribution in [2.24, 2.45) is 0 Å². The van der Waals surface area contributed by atoms with Crippen LogP contribution in [0.5, 0.6) is 5.75 Å². The van der Waals surface area contributed by atoms with Gasteiger partial charge in [-0.25, -0.2) is 4.39 Å². The lowest BCUT2D eigenvalue weighted by Gasteiger charge is -2.19. The van der Waals surface area contributed by atoms with Crippen LogP contribution in [0, 0.1) is 17.1 Å². The lowest BCUT2D eigenvalue weighted by atomic mass is 10.1. The van der Waals surface area contributed by atoms with Crippen molar-refractivity contribution >= 4 is 5.91 Å². The molecule has 1 aromatic carbocycles. The van der Waals surface area contributed by atoms with Crippen LogP contribution in [0.1, 0.15) is 39.2 Å². The Labute approximate surface area is 118 Å². The van der Waals surface area contributed by atoms with Crippen LogP contribution in [-0.2, 0) is 4.79 Å². The molecule has 0 saturated heterocycles. The number of carbonyl (C=O) groups is 1. The fraction of sp³-hybridized carbons (Fsp3) is 0.467. The van der Waals surface area contributed by atoms with Gasteiger partial charge in [-0.15, -0.1) is 0 Å². The minimum Gasteiger partial charge on any atom is -0.481 e. The number of nitrogens with one attached hydrogen (secondary N) is 1. The zero-order valence-corrected chi connectivity index (χ0v) is 11.9. The molecule has 20 heavy (non-hydrogen) atoms. The van der Waals surface area contributed by atoms with E-state index in [4.69, 9.17) is 10.00 Å². The summed E-state index contributed by atoms with van der Waals surface area (Å²) in [5, 5.41) is 11.5. The number of hydrogen-bond donors (Lipinski definition) is 1. The predicted molar refractivity (Wildman–Crippen MR) is 73.7 cm³/mol. The highest BCUT2D eigenvalue weighted by Gasteiger charge is 2.17. The highest BCUT2D eigenvalue weighted by Crippen LogP contribution is 2.17. The molecule has 0 aliphatic carbocycles. The first-order chi connectivity index (χ1) is 9.51. The summed E-state index contributed by atoms with van der Waals surface area (Å²) >= 11 is 0. The van der Waals surface area contributed by atoms with E-state index in [0.29, 0.717) is 0 Å². The van der Waals surface area contributed by atoms with Gasteiger partial charge in [0.15, 0.2) is 6.10 Å². The first kappa shape index (κ1) is 16.0. The van der Waals surface area contributed by atoms with Gasteiger partial charge in [0.25, 0.3) is 5.91 Å². The van der Waals surface area contributed by atoms with Gasteiger partial charge in [-0.1, -0.05) is 13.8 Å². The Morgan fingerprint density at radius 1 is 1.45 bits per heavy atom. The van der Waals surface area contributed by atoms with Crippen molar-refractivity contribution < 1.29 is 13.9 Å². The molecular formula is C15H19FN2O2. The third-order valence-corrected chi connectivity index (χ3v) is 3.08. The van der Waals surface area contributed by atoms with Gasteiger partial charge in [0.05, 0.1) is 5.56 Å². The summed E-state index contributed by atoms with van der Waals surface area (Å²) in [4.78, 5) is 11.9. The fourth-order valence-electron chi connectivity index (χ4n) is 1.73. The molecule has 1 amide bonds. The third kappa shape index (κ3) is 4.23. The van der Waals surface area contributed by atoms with Gasteiger partial charge in [0.1, 0.15) is 17.6 Å².